The number of aromatic nitrogens is 3. The molecule has 1 aliphatic rings. The molecule has 0 radical (unpaired) electrons. The van der Waals surface area contributed by atoms with Crippen LogP contribution in [0.25, 0.3) is 0 Å². The van der Waals surface area contributed by atoms with Crippen molar-refractivity contribution in [2.75, 3.05) is 18.8 Å². The first-order valence-corrected chi connectivity index (χ1v) is 11.1. The number of rotatable bonds is 8. The third-order valence-corrected chi connectivity index (χ3v) is 5.70. The molecule has 2 aromatic rings. The molecule has 6 nitrogen and oxygen atoms in total. The molecule has 1 aromatic heterocycles. The van der Waals surface area contributed by atoms with Crippen molar-refractivity contribution in [1.82, 2.24) is 25.4 Å². The summed E-state index contributed by atoms with van der Waals surface area (Å²) in [6, 6.07) is 6.64. The van der Waals surface area contributed by atoms with Gasteiger partial charge < -0.3 is 15.2 Å². The summed E-state index contributed by atoms with van der Waals surface area (Å²) < 4.78 is 15.2. The van der Waals surface area contributed by atoms with Crippen LogP contribution in [-0.2, 0) is 19.5 Å². The number of hydrogen-bond acceptors (Lipinski definition) is 4. The summed E-state index contributed by atoms with van der Waals surface area (Å²) in [4.78, 5) is 5.77. The quantitative estimate of drug-likeness (QED) is 0.306. The van der Waals surface area contributed by atoms with E-state index in [4.69, 9.17) is 0 Å². The third kappa shape index (κ3) is 6.22. The highest BCUT2D eigenvalue weighted by Crippen LogP contribution is 2.18. The number of guanidine groups is 1. The molecule has 0 amide bonds. The molecular formula is C20H29FN6S. The first kappa shape index (κ1) is 20.6. The van der Waals surface area contributed by atoms with Gasteiger partial charge in [0.25, 0.3) is 0 Å². The number of fused-ring (bicyclic) bond motifs is 1. The van der Waals surface area contributed by atoms with Crippen LogP contribution in [-0.4, -0.2) is 39.6 Å². The summed E-state index contributed by atoms with van der Waals surface area (Å²) in [7, 11) is 0. The zero-order chi connectivity index (χ0) is 19.6. The Morgan fingerprint density at radius 1 is 1.18 bits per heavy atom. The number of halogens is 1. The van der Waals surface area contributed by atoms with Crippen LogP contribution < -0.4 is 10.6 Å². The zero-order valence-electron chi connectivity index (χ0n) is 16.5. The van der Waals surface area contributed by atoms with E-state index in [0.717, 1.165) is 60.7 Å². The van der Waals surface area contributed by atoms with Gasteiger partial charge in [-0.2, -0.15) is 0 Å². The second-order valence-electron chi connectivity index (χ2n) is 6.77. The van der Waals surface area contributed by atoms with E-state index in [-0.39, 0.29) is 5.82 Å². The minimum atomic E-state index is -0.193. The van der Waals surface area contributed by atoms with E-state index >= 15 is 0 Å². The van der Waals surface area contributed by atoms with Gasteiger partial charge in [0.2, 0.25) is 0 Å². The van der Waals surface area contributed by atoms with Crippen LogP contribution in [0.3, 0.4) is 0 Å². The molecule has 0 spiro atoms. The first-order chi connectivity index (χ1) is 13.8. The smallest absolute Gasteiger partial charge is 0.191 e. The zero-order valence-corrected chi connectivity index (χ0v) is 17.3. The molecule has 0 aliphatic carbocycles. The van der Waals surface area contributed by atoms with E-state index in [1.165, 1.54) is 31.4 Å². The predicted octanol–water partition coefficient (Wildman–Crippen LogP) is 3.38. The fraction of sp³-hybridized carbons (Fsp3) is 0.550. The van der Waals surface area contributed by atoms with E-state index in [1.807, 2.05) is 12.1 Å². The van der Waals surface area contributed by atoms with Crippen LogP contribution in [0.1, 0.15) is 44.3 Å². The molecule has 8 heteroatoms. The lowest BCUT2D eigenvalue weighted by atomic mass is 10.2. The molecule has 2 N–H and O–H groups in total. The highest BCUT2D eigenvalue weighted by molar-refractivity contribution is 7.99. The summed E-state index contributed by atoms with van der Waals surface area (Å²) in [6.07, 6.45) is 5.65. The average Bonchev–Trinajstić information content (AvgIpc) is 2.93. The van der Waals surface area contributed by atoms with Crippen molar-refractivity contribution >= 4 is 17.7 Å². The van der Waals surface area contributed by atoms with Crippen molar-refractivity contribution < 1.29 is 4.39 Å². The van der Waals surface area contributed by atoms with Crippen LogP contribution in [0.2, 0.25) is 0 Å². The number of aryl methyl sites for hydroxylation is 1. The Labute approximate surface area is 170 Å². The van der Waals surface area contributed by atoms with Crippen LogP contribution in [0, 0.1) is 5.82 Å². The maximum Gasteiger partial charge on any atom is 0.191 e. The molecular weight excluding hydrogens is 375 g/mol. The topological polar surface area (TPSA) is 67.1 Å². The van der Waals surface area contributed by atoms with Gasteiger partial charge in [-0.25, -0.2) is 9.38 Å². The fourth-order valence-corrected chi connectivity index (χ4v) is 4.01. The van der Waals surface area contributed by atoms with Crippen molar-refractivity contribution in [2.45, 2.75) is 57.0 Å². The van der Waals surface area contributed by atoms with Crippen molar-refractivity contribution in [1.29, 1.82) is 0 Å². The molecule has 0 atom stereocenters. The van der Waals surface area contributed by atoms with Crippen molar-refractivity contribution in [3.63, 3.8) is 0 Å². The Bertz CT molecular complexity index is 759. The molecule has 1 aromatic carbocycles. The standard InChI is InChI=1S/C20H29FN6S/c1-2-22-20(23-12-6-14-28-17-10-8-16(21)9-11-17)24-15-19-26-25-18-7-4-3-5-13-27(18)19/h8-11H,2-7,12-15H2,1H3,(H2,22,23,24). The lowest BCUT2D eigenvalue weighted by Gasteiger charge is -2.11. The lowest BCUT2D eigenvalue weighted by molar-refractivity contribution is 0.605. The summed E-state index contributed by atoms with van der Waals surface area (Å²) in [5.74, 6) is 3.62. The summed E-state index contributed by atoms with van der Waals surface area (Å²) >= 11 is 1.73. The molecule has 0 fully saturated rings. The minimum absolute atomic E-state index is 0.193. The van der Waals surface area contributed by atoms with Gasteiger partial charge >= 0.3 is 0 Å². The van der Waals surface area contributed by atoms with Crippen LogP contribution in [0.5, 0.6) is 0 Å². The molecule has 2 heterocycles. The van der Waals surface area contributed by atoms with E-state index in [1.54, 1.807) is 11.8 Å². The van der Waals surface area contributed by atoms with E-state index in [9.17, 15) is 4.39 Å². The minimum Gasteiger partial charge on any atom is -0.357 e. The Morgan fingerprint density at radius 3 is 2.86 bits per heavy atom. The Hall–Kier alpha value is -2.09. The second kappa shape index (κ2) is 11.0. The molecule has 28 heavy (non-hydrogen) atoms. The van der Waals surface area contributed by atoms with Crippen molar-refractivity contribution in [3.05, 3.63) is 41.7 Å². The molecule has 1 aliphatic heterocycles. The summed E-state index contributed by atoms with van der Waals surface area (Å²) in [6.45, 7) is 5.24. The van der Waals surface area contributed by atoms with Gasteiger partial charge in [0.15, 0.2) is 11.8 Å². The largest absolute Gasteiger partial charge is 0.357 e. The van der Waals surface area contributed by atoms with Crippen LogP contribution in [0.4, 0.5) is 4.39 Å². The van der Waals surface area contributed by atoms with Crippen molar-refractivity contribution in [2.24, 2.45) is 4.99 Å². The number of hydrogen-bond donors (Lipinski definition) is 2. The normalized spacial score (nSPS) is 14.4. The van der Waals surface area contributed by atoms with E-state index in [0.29, 0.717) is 6.54 Å². The molecule has 152 valence electrons. The fourth-order valence-electron chi connectivity index (χ4n) is 3.15. The molecule has 0 saturated heterocycles. The second-order valence-corrected chi connectivity index (χ2v) is 7.94. The van der Waals surface area contributed by atoms with E-state index < -0.39 is 0 Å². The van der Waals surface area contributed by atoms with Crippen LogP contribution >= 0.6 is 11.8 Å². The monoisotopic (exact) mass is 404 g/mol. The van der Waals surface area contributed by atoms with Gasteiger partial charge in [-0.3, -0.25) is 0 Å². The van der Waals surface area contributed by atoms with Gasteiger partial charge in [-0.05, 0) is 56.2 Å². The average molecular weight is 405 g/mol. The van der Waals surface area contributed by atoms with Gasteiger partial charge in [-0.1, -0.05) is 6.42 Å². The maximum absolute atomic E-state index is 12.9. The maximum atomic E-state index is 12.9. The highest BCUT2D eigenvalue weighted by atomic mass is 32.2. The van der Waals surface area contributed by atoms with E-state index in [2.05, 4.69) is 37.3 Å². The Morgan fingerprint density at radius 2 is 2.04 bits per heavy atom. The van der Waals surface area contributed by atoms with Gasteiger partial charge in [0.05, 0.1) is 0 Å². The predicted molar refractivity (Wildman–Crippen MR) is 112 cm³/mol. The van der Waals surface area contributed by atoms with Crippen LogP contribution in [0.15, 0.2) is 34.2 Å². The highest BCUT2D eigenvalue weighted by Gasteiger charge is 2.14. The number of aliphatic imine (C=N–C) groups is 1. The lowest BCUT2D eigenvalue weighted by Crippen LogP contribution is -2.38. The SMILES string of the molecule is CCNC(=NCc1nnc2n1CCCCC2)NCCCSc1ccc(F)cc1. The molecule has 0 unspecified atom stereocenters. The van der Waals surface area contributed by atoms with Gasteiger partial charge in [0.1, 0.15) is 18.2 Å². The Balaban J connectivity index is 1.45. The van der Waals surface area contributed by atoms with Crippen molar-refractivity contribution in [3.8, 4) is 0 Å². The molecule has 0 saturated carbocycles. The number of thioether (sulfide) groups is 1. The number of nitrogens with zero attached hydrogens (tertiary/aromatic N) is 4. The summed E-state index contributed by atoms with van der Waals surface area (Å²) in [5, 5.41) is 15.3. The third-order valence-electron chi connectivity index (χ3n) is 4.60. The first-order valence-electron chi connectivity index (χ1n) is 10.1. The molecule has 3 rings (SSSR count). The summed E-state index contributed by atoms with van der Waals surface area (Å²) in [5.41, 5.74) is 0. The van der Waals surface area contributed by atoms with Gasteiger partial charge in [0, 0.05) is 31.0 Å². The Kier molecular flexibility index (Phi) is 8.14. The van der Waals surface area contributed by atoms with Gasteiger partial charge in [-0.15, -0.1) is 22.0 Å². The number of nitrogens with one attached hydrogen (secondary N) is 2. The molecule has 0 bridgehead atoms. The number of benzene rings is 1.